The van der Waals surface area contributed by atoms with Crippen LogP contribution in [0.5, 0.6) is 0 Å². The summed E-state index contributed by atoms with van der Waals surface area (Å²) in [6.07, 6.45) is 0.487. The van der Waals surface area contributed by atoms with E-state index in [0.29, 0.717) is 11.1 Å². The molecule has 10 heteroatoms. The highest BCUT2D eigenvalue weighted by Crippen LogP contribution is 2.23. The molecule has 0 aromatic heterocycles. The van der Waals surface area contributed by atoms with Gasteiger partial charge in [0.25, 0.3) is 11.4 Å². The van der Waals surface area contributed by atoms with Crippen molar-refractivity contribution >= 4 is 23.2 Å². The third kappa shape index (κ3) is 4.12. The van der Waals surface area contributed by atoms with Crippen LogP contribution in [0.2, 0.25) is 0 Å². The van der Waals surface area contributed by atoms with E-state index >= 15 is 0 Å². The fraction of sp³-hybridized carbons (Fsp3) is 0.300. The Labute approximate surface area is 172 Å². The molecule has 0 spiro atoms. The van der Waals surface area contributed by atoms with Crippen LogP contribution in [-0.4, -0.2) is 57.6 Å². The predicted molar refractivity (Wildman–Crippen MR) is 107 cm³/mol. The van der Waals surface area contributed by atoms with E-state index in [9.17, 15) is 29.8 Å². The zero-order valence-electron chi connectivity index (χ0n) is 16.4. The van der Waals surface area contributed by atoms with E-state index in [0.717, 1.165) is 0 Å². The summed E-state index contributed by atoms with van der Waals surface area (Å²) >= 11 is 0. The minimum atomic E-state index is -0.711. The molecule has 0 radical (unpaired) electrons. The summed E-state index contributed by atoms with van der Waals surface area (Å²) in [6, 6.07) is 10.3. The van der Waals surface area contributed by atoms with Crippen LogP contribution >= 0.6 is 0 Å². The zero-order valence-corrected chi connectivity index (χ0v) is 16.4. The number of carbonyl (C=O) groups is 2. The number of carbonyl (C=O) groups excluding carboxylic acids is 2. The molecule has 0 saturated carbocycles. The lowest BCUT2D eigenvalue weighted by atomic mass is 9.95. The van der Waals surface area contributed by atoms with Crippen molar-refractivity contribution in [2.45, 2.75) is 24.9 Å². The van der Waals surface area contributed by atoms with Crippen molar-refractivity contribution in [2.24, 2.45) is 0 Å². The number of benzene rings is 2. The van der Waals surface area contributed by atoms with Crippen LogP contribution in [-0.2, 0) is 22.4 Å². The summed E-state index contributed by atoms with van der Waals surface area (Å²) in [5.41, 5.74) is 1.33. The Balaban J connectivity index is 1.74. The number of hydrogen-bond acceptors (Lipinski definition) is 6. The lowest BCUT2D eigenvalue weighted by Gasteiger charge is -2.42. The van der Waals surface area contributed by atoms with Crippen LogP contribution in [0, 0.1) is 20.2 Å². The fourth-order valence-corrected chi connectivity index (χ4v) is 3.51. The monoisotopic (exact) mass is 412 g/mol. The van der Waals surface area contributed by atoms with Crippen LogP contribution in [0.4, 0.5) is 11.4 Å². The molecule has 10 nitrogen and oxygen atoms in total. The van der Waals surface area contributed by atoms with Crippen molar-refractivity contribution in [1.82, 2.24) is 9.80 Å². The van der Waals surface area contributed by atoms with E-state index in [2.05, 4.69) is 0 Å². The molecule has 0 N–H and O–H groups in total. The third-order valence-corrected chi connectivity index (χ3v) is 5.35. The average molecular weight is 412 g/mol. The molecule has 0 bridgehead atoms. The first-order valence-electron chi connectivity index (χ1n) is 9.19. The van der Waals surface area contributed by atoms with Gasteiger partial charge in [-0.25, -0.2) is 0 Å². The largest absolute Gasteiger partial charge is 0.332 e. The molecular formula is C20H20N4O6. The van der Waals surface area contributed by atoms with Crippen LogP contribution < -0.4 is 0 Å². The molecular weight excluding hydrogens is 392 g/mol. The lowest BCUT2D eigenvalue weighted by molar-refractivity contribution is -0.385. The van der Waals surface area contributed by atoms with Gasteiger partial charge in [0.1, 0.15) is 12.1 Å². The first kappa shape index (κ1) is 20.9. The first-order chi connectivity index (χ1) is 14.2. The molecule has 1 heterocycles. The highest BCUT2D eigenvalue weighted by molar-refractivity contribution is 5.97. The van der Waals surface area contributed by atoms with E-state index in [4.69, 9.17) is 0 Å². The number of hydrogen-bond donors (Lipinski definition) is 0. The Bertz CT molecular complexity index is 908. The summed E-state index contributed by atoms with van der Waals surface area (Å²) in [7, 11) is 3.12. The SMILES string of the molecule is CN1C(=O)[C@H](Cc2ccc([N+](=O)[O-])cc2)N(C)C(=O)[C@@H]1Cc1ccc([N+](=O)[O-])cc1. The van der Waals surface area contributed by atoms with Crippen molar-refractivity contribution < 1.29 is 19.4 Å². The molecule has 1 fully saturated rings. The van der Waals surface area contributed by atoms with Gasteiger partial charge >= 0.3 is 0 Å². The first-order valence-corrected chi connectivity index (χ1v) is 9.19. The van der Waals surface area contributed by atoms with Crippen LogP contribution in [0.1, 0.15) is 11.1 Å². The number of likely N-dealkylation sites (N-methyl/N-ethyl adjacent to an activating group) is 2. The minimum absolute atomic E-state index is 0.0431. The van der Waals surface area contributed by atoms with Gasteiger partial charge in [0, 0.05) is 51.2 Å². The second kappa shape index (κ2) is 8.27. The van der Waals surface area contributed by atoms with E-state index in [-0.39, 0.29) is 36.0 Å². The Hall–Kier alpha value is -3.82. The number of amides is 2. The van der Waals surface area contributed by atoms with Crippen molar-refractivity contribution in [3.8, 4) is 0 Å². The molecule has 0 aliphatic carbocycles. The summed E-state index contributed by atoms with van der Waals surface area (Å²) in [5.74, 6) is -0.468. The average Bonchev–Trinajstić information content (AvgIpc) is 2.73. The van der Waals surface area contributed by atoms with Crippen molar-refractivity contribution in [2.75, 3.05) is 14.1 Å². The molecule has 2 aromatic carbocycles. The Morgan fingerprint density at radius 2 is 1.00 bits per heavy atom. The molecule has 1 aliphatic rings. The van der Waals surface area contributed by atoms with Gasteiger partial charge in [0.2, 0.25) is 11.8 Å². The smallest absolute Gasteiger partial charge is 0.269 e. The number of rotatable bonds is 6. The second-order valence-corrected chi connectivity index (χ2v) is 7.19. The summed E-state index contributed by atoms with van der Waals surface area (Å²) in [5, 5.41) is 21.6. The van der Waals surface area contributed by atoms with Gasteiger partial charge in [0.15, 0.2) is 0 Å². The number of piperazine rings is 1. The maximum atomic E-state index is 12.9. The maximum absolute atomic E-state index is 12.9. The predicted octanol–water partition coefficient (Wildman–Crippen LogP) is 1.96. The van der Waals surface area contributed by atoms with Crippen LogP contribution in [0.25, 0.3) is 0 Å². The minimum Gasteiger partial charge on any atom is -0.332 e. The van der Waals surface area contributed by atoms with E-state index in [1.54, 1.807) is 38.4 Å². The quantitative estimate of drug-likeness (QED) is 0.527. The van der Waals surface area contributed by atoms with Gasteiger partial charge in [-0.1, -0.05) is 24.3 Å². The summed E-state index contributed by atoms with van der Waals surface area (Å²) < 4.78 is 0. The van der Waals surface area contributed by atoms with Gasteiger partial charge in [-0.3, -0.25) is 29.8 Å². The fourth-order valence-electron chi connectivity index (χ4n) is 3.51. The molecule has 2 atom stereocenters. The Morgan fingerprint density at radius 1 is 0.700 bits per heavy atom. The Morgan fingerprint density at radius 3 is 1.27 bits per heavy atom. The second-order valence-electron chi connectivity index (χ2n) is 7.19. The molecule has 2 aromatic rings. The van der Waals surface area contributed by atoms with Crippen molar-refractivity contribution in [3.63, 3.8) is 0 Å². The molecule has 156 valence electrons. The number of nitro benzene ring substituents is 2. The Kier molecular flexibility index (Phi) is 5.77. The van der Waals surface area contributed by atoms with Crippen LogP contribution in [0.3, 0.4) is 0 Å². The molecule has 1 saturated heterocycles. The van der Waals surface area contributed by atoms with Gasteiger partial charge < -0.3 is 9.80 Å². The van der Waals surface area contributed by atoms with E-state index in [1.807, 2.05) is 0 Å². The summed E-state index contributed by atoms with van der Waals surface area (Å²) in [4.78, 5) is 49.3. The van der Waals surface area contributed by atoms with E-state index < -0.39 is 21.9 Å². The van der Waals surface area contributed by atoms with Crippen molar-refractivity contribution in [3.05, 3.63) is 79.9 Å². The summed E-state index contributed by atoms with van der Waals surface area (Å²) in [6.45, 7) is 0. The van der Waals surface area contributed by atoms with Crippen molar-refractivity contribution in [1.29, 1.82) is 0 Å². The lowest BCUT2D eigenvalue weighted by Crippen LogP contribution is -2.63. The number of non-ortho nitro benzene ring substituents is 2. The third-order valence-electron chi connectivity index (χ3n) is 5.35. The number of nitrogens with zero attached hydrogens (tertiary/aromatic N) is 4. The molecule has 3 rings (SSSR count). The molecule has 2 amide bonds. The van der Waals surface area contributed by atoms with E-state index in [1.165, 1.54) is 34.1 Å². The molecule has 0 unspecified atom stereocenters. The number of nitro groups is 2. The normalized spacial score (nSPS) is 19.1. The highest BCUT2D eigenvalue weighted by atomic mass is 16.6. The standard InChI is InChI=1S/C20H20N4O6/c1-21-17(11-13-3-7-15(8-4-13)23(27)28)20(26)22(2)18(19(21)25)12-14-5-9-16(10-6-14)24(29)30/h3-10,17-18H,11-12H2,1-2H3/t17-,18-/m0/s1. The highest BCUT2D eigenvalue weighted by Gasteiger charge is 2.42. The zero-order chi connectivity index (χ0) is 22.0. The molecule has 1 aliphatic heterocycles. The van der Waals surface area contributed by atoms with Gasteiger partial charge in [0.05, 0.1) is 9.85 Å². The van der Waals surface area contributed by atoms with Crippen LogP contribution in [0.15, 0.2) is 48.5 Å². The van der Waals surface area contributed by atoms with Gasteiger partial charge in [-0.05, 0) is 11.1 Å². The maximum Gasteiger partial charge on any atom is 0.269 e. The van der Waals surface area contributed by atoms with Gasteiger partial charge in [-0.2, -0.15) is 0 Å². The topological polar surface area (TPSA) is 127 Å². The van der Waals surface area contributed by atoms with Gasteiger partial charge in [-0.15, -0.1) is 0 Å². The molecule has 30 heavy (non-hydrogen) atoms.